The van der Waals surface area contributed by atoms with Gasteiger partial charge < -0.3 is 14.2 Å². The molecule has 46 heavy (non-hydrogen) atoms. The number of hydrogen-bond acceptors (Lipinski definition) is 8. The van der Waals surface area contributed by atoms with Crippen LogP contribution in [0.3, 0.4) is 0 Å². The van der Waals surface area contributed by atoms with Crippen LogP contribution < -0.4 is 24.4 Å². The zero-order chi connectivity index (χ0) is 33.2. The summed E-state index contributed by atoms with van der Waals surface area (Å²) in [5.74, 6) is -0.606. The van der Waals surface area contributed by atoms with E-state index in [9.17, 15) is 28.0 Å². The Morgan fingerprint density at radius 2 is 1.91 bits per heavy atom. The molecule has 0 spiro atoms. The number of esters is 1. The zero-order valence-corrected chi connectivity index (χ0v) is 27.2. The van der Waals surface area contributed by atoms with Crippen LogP contribution in [-0.4, -0.2) is 30.4 Å². The van der Waals surface area contributed by atoms with Crippen molar-refractivity contribution in [3.05, 3.63) is 123 Å². The molecule has 0 unspecified atom stereocenters. The summed E-state index contributed by atoms with van der Waals surface area (Å²) in [4.78, 5) is 30.4. The van der Waals surface area contributed by atoms with E-state index in [0.29, 0.717) is 37.7 Å². The lowest BCUT2D eigenvalue weighted by molar-refractivity contribution is -0.140. The summed E-state index contributed by atoms with van der Waals surface area (Å²) in [7, 11) is 1.43. The minimum Gasteiger partial charge on any atom is -0.493 e. The molecule has 0 aliphatic carbocycles. The Hall–Kier alpha value is -4.38. The molecule has 1 aliphatic heterocycles. The van der Waals surface area contributed by atoms with Crippen LogP contribution in [0.25, 0.3) is 6.08 Å². The van der Waals surface area contributed by atoms with E-state index in [-0.39, 0.29) is 28.1 Å². The fourth-order valence-electron chi connectivity index (χ4n) is 4.82. The van der Waals surface area contributed by atoms with Crippen molar-refractivity contribution in [3.63, 3.8) is 0 Å². The first-order chi connectivity index (χ1) is 22.0. The Bertz CT molecular complexity index is 2090. The lowest BCUT2D eigenvalue weighted by Gasteiger charge is -2.26. The highest BCUT2D eigenvalue weighted by Crippen LogP contribution is 2.39. The number of fused-ring (bicyclic) bond motifs is 1. The molecule has 0 saturated carbocycles. The molecule has 0 amide bonds. The van der Waals surface area contributed by atoms with Gasteiger partial charge in [-0.3, -0.25) is 9.36 Å². The van der Waals surface area contributed by atoms with Crippen LogP contribution in [0.2, 0.25) is 5.02 Å². The van der Waals surface area contributed by atoms with Crippen molar-refractivity contribution in [2.75, 3.05) is 13.7 Å². The summed E-state index contributed by atoms with van der Waals surface area (Å²) >= 11 is 10.2. The molecule has 2 heterocycles. The Labute approximate surface area is 277 Å². The first kappa shape index (κ1) is 33.0. The summed E-state index contributed by atoms with van der Waals surface area (Å²) in [6.45, 7) is 1.35. The van der Waals surface area contributed by atoms with Crippen LogP contribution >= 0.6 is 38.9 Å². The number of halogens is 5. The lowest BCUT2D eigenvalue weighted by Crippen LogP contribution is -2.41. The molecule has 0 bridgehead atoms. The Balaban J connectivity index is 1.64. The zero-order valence-electron chi connectivity index (χ0n) is 24.0. The maximum absolute atomic E-state index is 14.4. The molecule has 1 aliphatic rings. The predicted molar refractivity (Wildman–Crippen MR) is 168 cm³/mol. The smallest absolute Gasteiger partial charge is 0.434 e. The maximum atomic E-state index is 14.4. The van der Waals surface area contributed by atoms with E-state index in [4.69, 9.17) is 25.8 Å². The molecular weight excluding hydrogens is 711 g/mol. The van der Waals surface area contributed by atoms with Crippen LogP contribution in [0.15, 0.2) is 86.2 Å². The van der Waals surface area contributed by atoms with Gasteiger partial charge in [0.05, 0.1) is 46.0 Å². The molecule has 236 valence electrons. The molecule has 4 aromatic rings. The van der Waals surface area contributed by atoms with E-state index < -0.39 is 35.0 Å². The minimum absolute atomic E-state index is 0.0508. The number of carbonyl (C=O) groups is 1. The summed E-state index contributed by atoms with van der Waals surface area (Å²) in [6.07, 6.45) is -3.55. The molecule has 1 atom stereocenters. The van der Waals surface area contributed by atoms with Crippen molar-refractivity contribution in [1.82, 2.24) is 4.57 Å². The van der Waals surface area contributed by atoms with Gasteiger partial charge in [-0.05, 0) is 70.4 Å². The first-order valence-electron chi connectivity index (χ1n) is 13.5. The number of rotatable bonds is 8. The van der Waals surface area contributed by atoms with Crippen molar-refractivity contribution in [2.45, 2.75) is 25.7 Å². The molecule has 14 heteroatoms. The fraction of sp³-hybridized carbons (Fsp3) is 0.188. The van der Waals surface area contributed by atoms with E-state index in [1.54, 1.807) is 36.4 Å². The van der Waals surface area contributed by atoms with Crippen molar-refractivity contribution in [3.8, 4) is 17.6 Å². The highest BCUT2D eigenvalue weighted by atomic mass is 79.9. The van der Waals surface area contributed by atoms with Gasteiger partial charge in [0, 0.05) is 10.6 Å². The molecular formula is C32H22BrClF3N3O5S. The average Bonchev–Trinajstić information content (AvgIpc) is 3.33. The van der Waals surface area contributed by atoms with Gasteiger partial charge in [-0.15, -0.1) is 0 Å². The van der Waals surface area contributed by atoms with Crippen LogP contribution in [0.5, 0.6) is 11.5 Å². The van der Waals surface area contributed by atoms with E-state index in [1.807, 2.05) is 0 Å². The molecule has 8 nitrogen and oxygen atoms in total. The fourth-order valence-corrected chi connectivity index (χ4v) is 6.52. The largest absolute Gasteiger partial charge is 0.493 e. The van der Waals surface area contributed by atoms with Crippen LogP contribution in [-0.2, 0) is 16.1 Å². The van der Waals surface area contributed by atoms with Crippen molar-refractivity contribution < 1.29 is 32.2 Å². The van der Waals surface area contributed by atoms with Crippen molar-refractivity contribution in [1.29, 1.82) is 5.26 Å². The number of thiazole rings is 1. The molecule has 5 rings (SSSR count). The van der Waals surface area contributed by atoms with Gasteiger partial charge in [-0.25, -0.2) is 9.79 Å². The third-order valence-corrected chi connectivity index (χ3v) is 8.66. The normalized spacial score (nSPS) is 14.7. The van der Waals surface area contributed by atoms with Crippen molar-refractivity contribution in [2.24, 2.45) is 4.99 Å². The molecule has 3 aromatic carbocycles. The maximum Gasteiger partial charge on any atom is 0.434 e. The van der Waals surface area contributed by atoms with Gasteiger partial charge in [0.2, 0.25) is 0 Å². The number of carbonyl (C=O) groups excluding carboxylic acids is 1. The highest BCUT2D eigenvalue weighted by molar-refractivity contribution is 9.10. The average molecular weight is 733 g/mol. The number of alkyl halides is 3. The van der Waals surface area contributed by atoms with Gasteiger partial charge >= 0.3 is 12.1 Å². The lowest BCUT2D eigenvalue weighted by atomic mass is 9.95. The molecule has 0 fully saturated rings. The van der Waals surface area contributed by atoms with Crippen LogP contribution in [0.4, 0.5) is 13.2 Å². The minimum atomic E-state index is -5.02. The quantitative estimate of drug-likeness (QED) is 0.200. The number of aromatic nitrogens is 1. The molecule has 0 N–H and O–H groups in total. The second kappa shape index (κ2) is 13.5. The van der Waals surface area contributed by atoms with Crippen LogP contribution in [0, 0.1) is 11.3 Å². The standard InChI is InChI=1S/C32H22BrClF3N3O5S/c1-3-44-30(42)25-26(18-8-10-21(34)11-9-18)40-29(41)24(46-31(40)39-28(25)32(35,36)37)14-17-12-22(33)27(23(13-17)43-2)45-16-20-7-5-4-6-19(20)15-38/h4-14,26H,3,16H2,1-2H3/b24-14-/t26-/m0/s1. The predicted octanol–water partition coefficient (Wildman–Crippen LogP) is 6.22. The van der Waals surface area contributed by atoms with E-state index in [0.717, 1.165) is 15.9 Å². The van der Waals surface area contributed by atoms with Crippen molar-refractivity contribution >= 4 is 50.9 Å². The molecule has 1 aromatic heterocycles. The van der Waals surface area contributed by atoms with Gasteiger partial charge in [0.15, 0.2) is 22.0 Å². The summed E-state index contributed by atoms with van der Waals surface area (Å²) in [5, 5.41) is 9.69. The monoisotopic (exact) mass is 731 g/mol. The van der Waals surface area contributed by atoms with Gasteiger partial charge in [-0.1, -0.05) is 53.3 Å². The second-order valence-corrected chi connectivity index (χ2v) is 12.0. The number of methoxy groups -OCH3 is 1. The first-order valence-corrected chi connectivity index (χ1v) is 15.5. The number of nitriles is 1. The van der Waals surface area contributed by atoms with E-state index in [2.05, 4.69) is 27.0 Å². The number of hydrogen-bond donors (Lipinski definition) is 0. The third kappa shape index (κ3) is 6.60. The number of benzene rings is 3. The van der Waals surface area contributed by atoms with E-state index in [1.165, 1.54) is 44.4 Å². The van der Waals surface area contributed by atoms with E-state index >= 15 is 0 Å². The third-order valence-electron chi connectivity index (χ3n) is 6.84. The second-order valence-electron chi connectivity index (χ2n) is 9.71. The summed E-state index contributed by atoms with van der Waals surface area (Å²) < 4.78 is 61.1. The van der Waals surface area contributed by atoms with Gasteiger partial charge in [0.25, 0.3) is 5.56 Å². The SMILES string of the molecule is CCOC(=O)C1=C(C(F)(F)F)N=c2s/c(=C\c3cc(Br)c(OCc4ccccc4C#N)c(OC)c3)c(=O)n2[C@H]1c1ccc(Cl)cc1. The summed E-state index contributed by atoms with van der Waals surface area (Å²) in [6, 6.07) is 16.6. The van der Waals surface area contributed by atoms with Gasteiger partial charge in [-0.2, -0.15) is 18.4 Å². The Morgan fingerprint density at radius 1 is 1.20 bits per heavy atom. The summed E-state index contributed by atoms with van der Waals surface area (Å²) in [5.41, 5.74) is -1.12. The number of allylic oxidation sites excluding steroid dienone is 1. The molecule has 0 saturated heterocycles. The molecule has 0 radical (unpaired) electrons. The Morgan fingerprint density at radius 3 is 2.57 bits per heavy atom. The highest BCUT2D eigenvalue weighted by Gasteiger charge is 2.45. The number of ether oxygens (including phenoxy) is 3. The topological polar surface area (TPSA) is 103 Å². The van der Waals surface area contributed by atoms with Gasteiger partial charge in [0.1, 0.15) is 6.61 Å². The Kier molecular flexibility index (Phi) is 9.71. The van der Waals surface area contributed by atoms with Crippen LogP contribution in [0.1, 0.15) is 35.2 Å². The number of nitrogens with zero attached hydrogens (tertiary/aromatic N) is 3.